The minimum absolute atomic E-state index is 0.0291. The molecule has 8 heteroatoms. The summed E-state index contributed by atoms with van der Waals surface area (Å²) in [6.07, 6.45) is 2.89. The molecule has 1 atom stereocenters. The minimum Gasteiger partial charge on any atom is -0.493 e. The molecule has 1 aliphatic carbocycles. The monoisotopic (exact) mass is 412 g/mol. The standard InChI is InChI=1S/C22H28N4O4/c1-12-20-21(26(3)13(2)22(27)25-20)24-19(23-12)10-14-8-16(9-14)30-15-6-7-17(28-4)18(11-15)29-5/h6-7,11,13-14,16H,8-10H2,1-5H3,(H,25,27)/t13-,14?,16?/m0/s1. The molecule has 2 aromatic rings. The zero-order chi connectivity index (χ0) is 21.4. The topological polar surface area (TPSA) is 85.8 Å². The number of aryl methyl sites for hydroxylation is 1. The number of carbonyl (C=O) groups is 1. The van der Waals surface area contributed by atoms with Gasteiger partial charge in [0.05, 0.1) is 26.0 Å². The summed E-state index contributed by atoms with van der Waals surface area (Å²) < 4.78 is 16.7. The summed E-state index contributed by atoms with van der Waals surface area (Å²) in [4.78, 5) is 23.3. The van der Waals surface area contributed by atoms with E-state index in [-0.39, 0.29) is 18.1 Å². The number of hydrogen-bond acceptors (Lipinski definition) is 7. The van der Waals surface area contributed by atoms with Crippen molar-refractivity contribution in [1.82, 2.24) is 9.97 Å². The van der Waals surface area contributed by atoms with E-state index in [2.05, 4.69) is 10.3 Å². The Morgan fingerprint density at radius 2 is 1.90 bits per heavy atom. The van der Waals surface area contributed by atoms with Crippen molar-refractivity contribution in [3.63, 3.8) is 0 Å². The van der Waals surface area contributed by atoms with Crippen LogP contribution in [0.5, 0.6) is 17.2 Å². The highest BCUT2D eigenvalue weighted by atomic mass is 16.5. The van der Waals surface area contributed by atoms with Gasteiger partial charge in [-0.3, -0.25) is 4.79 Å². The average Bonchev–Trinajstić information content (AvgIpc) is 2.71. The Labute approximate surface area is 176 Å². The molecule has 0 radical (unpaired) electrons. The highest BCUT2D eigenvalue weighted by Gasteiger charge is 2.34. The second-order valence-electron chi connectivity index (χ2n) is 8.00. The summed E-state index contributed by atoms with van der Waals surface area (Å²) in [5, 5.41) is 2.92. The Balaban J connectivity index is 1.38. The van der Waals surface area contributed by atoms with Gasteiger partial charge in [0.2, 0.25) is 5.91 Å². The van der Waals surface area contributed by atoms with Crippen LogP contribution in [0.3, 0.4) is 0 Å². The molecule has 1 aliphatic heterocycles. The van der Waals surface area contributed by atoms with Crippen molar-refractivity contribution in [2.45, 2.75) is 45.3 Å². The third kappa shape index (κ3) is 3.74. The Morgan fingerprint density at radius 1 is 1.17 bits per heavy atom. The van der Waals surface area contributed by atoms with E-state index in [1.165, 1.54) is 0 Å². The van der Waals surface area contributed by atoms with E-state index in [0.717, 1.165) is 42.3 Å². The number of aromatic nitrogens is 2. The molecule has 1 N–H and O–H groups in total. The van der Waals surface area contributed by atoms with Gasteiger partial charge in [-0.1, -0.05) is 0 Å². The van der Waals surface area contributed by atoms with Gasteiger partial charge in [-0.15, -0.1) is 0 Å². The van der Waals surface area contributed by atoms with Crippen LogP contribution in [0.1, 0.15) is 31.3 Å². The van der Waals surface area contributed by atoms with Crippen LogP contribution in [0, 0.1) is 12.8 Å². The van der Waals surface area contributed by atoms with Gasteiger partial charge in [0.1, 0.15) is 23.3 Å². The summed E-state index contributed by atoms with van der Waals surface area (Å²) in [5.41, 5.74) is 1.52. The zero-order valence-electron chi connectivity index (χ0n) is 18.1. The number of rotatable bonds is 6. The molecule has 1 saturated carbocycles. The van der Waals surface area contributed by atoms with Crippen molar-refractivity contribution < 1.29 is 19.0 Å². The molecular weight excluding hydrogens is 384 g/mol. The predicted molar refractivity (Wildman–Crippen MR) is 114 cm³/mol. The SMILES string of the molecule is COc1ccc(OC2CC(Cc3nc(C)c4c(n3)N(C)[C@@H](C)C(=O)N4)C2)cc1OC. The number of benzene rings is 1. The van der Waals surface area contributed by atoms with Crippen molar-refractivity contribution in [2.24, 2.45) is 5.92 Å². The third-order valence-electron chi connectivity index (χ3n) is 5.98. The first-order chi connectivity index (χ1) is 14.4. The average molecular weight is 412 g/mol. The summed E-state index contributed by atoms with van der Waals surface area (Å²) in [6, 6.07) is 5.36. The fourth-order valence-electron chi connectivity index (χ4n) is 3.97. The molecule has 0 spiro atoms. The number of nitrogens with one attached hydrogen (secondary N) is 1. The normalized spacial score (nSPS) is 22.6. The van der Waals surface area contributed by atoms with Crippen LogP contribution in [0.15, 0.2) is 18.2 Å². The van der Waals surface area contributed by atoms with Crippen molar-refractivity contribution in [3.05, 3.63) is 29.7 Å². The number of carbonyl (C=O) groups excluding carboxylic acids is 1. The van der Waals surface area contributed by atoms with E-state index in [1.54, 1.807) is 14.2 Å². The van der Waals surface area contributed by atoms with Crippen molar-refractivity contribution in [2.75, 3.05) is 31.5 Å². The maximum Gasteiger partial charge on any atom is 0.246 e. The fourth-order valence-corrected chi connectivity index (χ4v) is 3.97. The maximum atomic E-state index is 12.1. The summed E-state index contributed by atoms with van der Waals surface area (Å²) in [7, 11) is 5.13. The van der Waals surface area contributed by atoms with Crippen LogP contribution < -0.4 is 24.4 Å². The fraction of sp³-hybridized carbons (Fsp3) is 0.500. The van der Waals surface area contributed by atoms with E-state index in [4.69, 9.17) is 19.2 Å². The van der Waals surface area contributed by atoms with Gasteiger partial charge in [0.25, 0.3) is 0 Å². The highest BCUT2D eigenvalue weighted by molar-refractivity contribution is 6.02. The van der Waals surface area contributed by atoms with Gasteiger partial charge >= 0.3 is 0 Å². The quantitative estimate of drug-likeness (QED) is 0.781. The number of amides is 1. The number of fused-ring (bicyclic) bond motifs is 1. The number of methoxy groups -OCH3 is 2. The van der Waals surface area contributed by atoms with Crippen LogP contribution >= 0.6 is 0 Å². The first-order valence-corrected chi connectivity index (χ1v) is 10.2. The number of anilines is 2. The molecule has 2 aliphatic rings. The minimum atomic E-state index is -0.248. The number of likely N-dealkylation sites (N-methyl/N-ethyl adjacent to an activating group) is 1. The van der Waals surface area contributed by atoms with Crippen LogP contribution in [-0.4, -0.2) is 49.3 Å². The van der Waals surface area contributed by atoms with E-state index in [0.29, 0.717) is 23.1 Å². The Morgan fingerprint density at radius 3 is 2.60 bits per heavy atom. The molecule has 1 aromatic carbocycles. The second-order valence-corrected chi connectivity index (χ2v) is 8.00. The lowest BCUT2D eigenvalue weighted by Crippen LogP contribution is -2.45. The smallest absolute Gasteiger partial charge is 0.246 e. The second kappa shape index (κ2) is 8.01. The first-order valence-electron chi connectivity index (χ1n) is 10.2. The highest BCUT2D eigenvalue weighted by Crippen LogP contribution is 2.37. The maximum absolute atomic E-state index is 12.1. The Bertz CT molecular complexity index is 958. The lowest BCUT2D eigenvalue weighted by Gasteiger charge is -2.36. The number of ether oxygens (including phenoxy) is 3. The molecule has 1 fully saturated rings. The lowest BCUT2D eigenvalue weighted by atomic mass is 9.80. The molecular formula is C22H28N4O4. The van der Waals surface area contributed by atoms with Crippen molar-refractivity contribution in [3.8, 4) is 17.2 Å². The van der Waals surface area contributed by atoms with Gasteiger partial charge in [0.15, 0.2) is 17.3 Å². The van der Waals surface area contributed by atoms with Gasteiger partial charge in [0, 0.05) is 19.5 Å². The Hall–Kier alpha value is -3.03. The van der Waals surface area contributed by atoms with Crippen LogP contribution in [0.25, 0.3) is 0 Å². The summed E-state index contributed by atoms with van der Waals surface area (Å²) in [5.74, 6) is 4.19. The molecule has 30 heavy (non-hydrogen) atoms. The summed E-state index contributed by atoms with van der Waals surface area (Å²) in [6.45, 7) is 3.79. The summed E-state index contributed by atoms with van der Waals surface area (Å²) >= 11 is 0. The van der Waals surface area contributed by atoms with Crippen LogP contribution in [-0.2, 0) is 11.2 Å². The van der Waals surface area contributed by atoms with E-state index < -0.39 is 0 Å². The van der Waals surface area contributed by atoms with Crippen molar-refractivity contribution >= 4 is 17.4 Å². The molecule has 0 saturated heterocycles. The van der Waals surface area contributed by atoms with Crippen LogP contribution in [0.2, 0.25) is 0 Å². The number of nitrogens with zero attached hydrogens (tertiary/aromatic N) is 3. The molecule has 160 valence electrons. The van der Waals surface area contributed by atoms with Crippen molar-refractivity contribution in [1.29, 1.82) is 0 Å². The number of hydrogen-bond donors (Lipinski definition) is 1. The van der Waals surface area contributed by atoms with E-state index >= 15 is 0 Å². The van der Waals surface area contributed by atoms with Gasteiger partial charge < -0.3 is 24.4 Å². The lowest BCUT2D eigenvalue weighted by molar-refractivity contribution is -0.117. The predicted octanol–water partition coefficient (Wildman–Crippen LogP) is 2.98. The Kier molecular flexibility index (Phi) is 5.40. The third-order valence-corrected chi connectivity index (χ3v) is 5.98. The van der Waals surface area contributed by atoms with E-state index in [9.17, 15) is 4.79 Å². The van der Waals surface area contributed by atoms with Gasteiger partial charge in [-0.2, -0.15) is 0 Å². The van der Waals surface area contributed by atoms with E-state index in [1.807, 2.05) is 44.0 Å². The molecule has 2 heterocycles. The largest absolute Gasteiger partial charge is 0.493 e. The van der Waals surface area contributed by atoms with Gasteiger partial charge in [-0.25, -0.2) is 9.97 Å². The van der Waals surface area contributed by atoms with Gasteiger partial charge in [-0.05, 0) is 44.7 Å². The molecule has 0 bridgehead atoms. The molecule has 8 nitrogen and oxygen atoms in total. The molecule has 1 amide bonds. The molecule has 4 rings (SSSR count). The first kappa shape index (κ1) is 20.3. The molecule has 0 unspecified atom stereocenters. The zero-order valence-corrected chi connectivity index (χ0v) is 18.1. The molecule has 1 aromatic heterocycles. The van der Waals surface area contributed by atoms with Crippen LogP contribution in [0.4, 0.5) is 11.5 Å².